The first-order valence-electron chi connectivity index (χ1n) is 6.49. The van der Waals surface area contributed by atoms with Crippen LogP contribution in [0.25, 0.3) is 0 Å². The molecule has 1 aromatic heterocycles. The third-order valence-electron chi connectivity index (χ3n) is 3.85. The van der Waals surface area contributed by atoms with E-state index in [1.54, 1.807) is 4.57 Å². The number of hydrogen-bond acceptors (Lipinski definition) is 2. The number of nitrogens with zero attached hydrogens (tertiary/aromatic N) is 2. The maximum Gasteiger partial charge on any atom is 0.253 e. The molecule has 1 fully saturated rings. The lowest BCUT2D eigenvalue weighted by Gasteiger charge is -2.34. The van der Waals surface area contributed by atoms with E-state index >= 15 is 0 Å². The van der Waals surface area contributed by atoms with Gasteiger partial charge in [0.15, 0.2) is 0 Å². The molecule has 1 saturated heterocycles. The Morgan fingerprint density at radius 3 is 2.53 bits per heavy atom. The molecule has 0 atom stereocenters. The van der Waals surface area contributed by atoms with E-state index in [4.69, 9.17) is 0 Å². The van der Waals surface area contributed by atoms with Gasteiger partial charge in [-0.3, -0.25) is 4.79 Å². The molecule has 1 aliphatic rings. The van der Waals surface area contributed by atoms with Gasteiger partial charge < -0.3 is 9.47 Å². The number of rotatable bonds is 2. The molecule has 0 radical (unpaired) electrons. The smallest absolute Gasteiger partial charge is 0.253 e. The van der Waals surface area contributed by atoms with Crippen molar-refractivity contribution in [3.8, 4) is 0 Å². The average Bonchev–Trinajstić information content (AvgIpc) is 2.33. The zero-order valence-electron chi connectivity index (χ0n) is 11.0. The fourth-order valence-corrected chi connectivity index (χ4v) is 2.66. The second-order valence-corrected chi connectivity index (χ2v) is 5.28. The monoisotopic (exact) mass is 234 g/mol. The minimum atomic E-state index is 0.176. The van der Waals surface area contributed by atoms with E-state index in [2.05, 4.69) is 18.7 Å². The van der Waals surface area contributed by atoms with Crippen molar-refractivity contribution in [3.05, 3.63) is 34.2 Å². The Morgan fingerprint density at radius 1 is 1.29 bits per heavy atom. The lowest BCUT2D eigenvalue weighted by atomic mass is 9.90. The van der Waals surface area contributed by atoms with Crippen molar-refractivity contribution in [1.29, 1.82) is 0 Å². The second kappa shape index (κ2) is 5.05. The molecule has 2 heterocycles. The Kier molecular flexibility index (Phi) is 3.67. The highest BCUT2D eigenvalue weighted by Crippen LogP contribution is 2.26. The van der Waals surface area contributed by atoms with Gasteiger partial charge >= 0.3 is 0 Å². The van der Waals surface area contributed by atoms with Crippen LogP contribution in [0.15, 0.2) is 23.1 Å². The molecule has 0 aliphatic carbocycles. The maximum absolute atomic E-state index is 12.0. The molecule has 0 spiro atoms. The molecule has 0 saturated carbocycles. The standard InChI is InChI=1S/C14H22N2O/c1-11(2)16-9-6-12(7-10-16)13-5-4-8-15(3)14(13)17/h4-5,8,11-12H,6-7,9-10H2,1-3H3. The van der Waals surface area contributed by atoms with Crippen LogP contribution in [0.3, 0.4) is 0 Å². The van der Waals surface area contributed by atoms with Crippen LogP contribution in [0.1, 0.15) is 38.2 Å². The Labute approximate surface area is 103 Å². The third-order valence-corrected chi connectivity index (χ3v) is 3.85. The fraction of sp³-hybridized carbons (Fsp3) is 0.643. The molecule has 0 unspecified atom stereocenters. The predicted octanol–water partition coefficient (Wildman–Crippen LogP) is 1.97. The molecule has 3 nitrogen and oxygen atoms in total. The lowest BCUT2D eigenvalue weighted by Crippen LogP contribution is -2.39. The van der Waals surface area contributed by atoms with E-state index in [1.807, 2.05) is 25.4 Å². The van der Waals surface area contributed by atoms with Gasteiger partial charge in [0.2, 0.25) is 0 Å². The summed E-state index contributed by atoms with van der Waals surface area (Å²) in [4.78, 5) is 14.5. The summed E-state index contributed by atoms with van der Waals surface area (Å²) in [6.07, 6.45) is 4.05. The quantitative estimate of drug-likeness (QED) is 0.781. The summed E-state index contributed by atoms with van der Waals surface area (Å²) in [6.45, 7) is 6.70. The van der Waals surface area contributed by atoms with Crippen LogP contribution in [0, 0.1) is 0 Å². The highest BCUT2D eigenvalue weighted by molar-refractivity contribution is 5.16. The summed E-state index contributed by atoms with van der Waals surface area (Å²) in [5.74, 6) is 0.449. The van der Waals surface area contributed by atoms with E-state index < -0.39 is 0 Å². The normalized spacial score (nSPS) is 18.8. The van der Waals surface area contributed by atoms with Crippen molar-refractivity contribution in [2.45, 2.75) is 38.6 Å². The topological polar surface area (TPSA) is 25.2 Å². The van der Waals surface area contributed by atoms with Crippen LogP contribution in [0.5, 0.6) is 0 Å². The molecular formula is C14H22N2O. The molecule has 94 valence electrons. The summed E-state index contributed by atoms with van der Waals surface area (Å²) < 4.78 is 1.68. The van der Waals surface area contributed by atoms with Gasteiger partial charge in [0, 0.05) is 24.8 Å². The molecule has 1 aromatic rings. The van der Waals surface area contributed by atoms with Crippen molar-refractivity contribution in [2.24, 2.45) is 7.05 Å². The summed E-state index contributed by atoms with van der Waals surface area (Å²) >= 11 is 0. The minimum Gasteiger partial charge on any atom is -0.318 e. The largest absolute Gasteiger partial charge is 0.318 e. The molecule has 17 heavy (non-hydrogen) atoms. The molecule has 0 N–H and O–H groups in total. The molecule has 0 aromatic carbocycles. The Balaban J connectivity index is 2.11. The first-order chi connectivity index (χ1) is 8.09. The second-order valence-electron chi connectivity index (χ2n) is 5.28. The highest BCUT2D eigenvalue weighted by Gasteiger charge is 2.23. The maximum atomic E-state index is 12.0. The average molecular weight is 234 g/mol. The molecule has 3 heteroatoms. The van der Waals surface area contributed by atoms with E-state index in [9.17, 15) is 4.79 Å². The van der Waals surface area contributed by atoms with Crippen LogP contribution in [0.2, 0.25) is 0 Å². The Morgan fingerprint density at radius 2 is 1.94 bits per heavy atom. The van der Waals surface area contributed by atoms with Crippen molar-refractivity contribution >= 4 is 0 Å². The summed E-state index contributed by atoms with van der Waals surface area (Å²) in [7, 11) is 1.83. The van der Waals surface area contributed by atoms with Gasteiger partial charge in [-0.2, -0.15) is 0 Å². The van der Waals surface area contributed by atoms with Crippen LogP contribution >= 0.6 is 0 Å². The number of likely N-dealkylation sites (tertiary alicyclic amines) is 1. The Hall–Kier alpha value is -1.09. The van der Waals surface area contributed by atoms with Gasteiger partial charge in [-0.1, -0.05) is 6.07 Å². The zero-order chi connectivity index (χ0) is 12.4. The molecule has 1 aliphatic heterocycles. The van der Waals surface area contributed by atoms with E-state index in [-0.39, 0.29) is 5.56 Å². The third kappa shape index (κ3) is 2.60. The van der Waals surface area contributed by atoms with Crippen molar-refractivity contribution in [2.75, 3.05) is 13.1 Å². The van der Waals surface area contributed by atoms with Gasteiger partial charge in [-0.05, 0) is 51.8 Å². The van der Waals surface area contributed by atoms with Crippen LogP contribution in [-0.4, -0.2) is 28.6 Å². The summed E-state index contributed by atoms with van der Waals surface area (Å²) in [6, 6.07) is 4.60. The zero-order valence-corrected chi connectivity index (χ0v) is 11.0. The van der Waals surface area contributed by atoms with Gasteiger partial charge in [-0.15, -0.1) is 0 Å². The summed E-state index contributed by atoms with van der Waals surface area (Å²) in [5, 5.41) is 0. The van der Waals surface area contributed by atoms with Crippen molar-refractivity contribution in [1.82, 2.24) is 9.47 Å². The van der Waals surface area contributed by atoms with E-state index in [0.717, 1.165) is 31.5 Å². The first-order valence-corrected chi connectivity index (χ1v) is 6.49. The first kappa shape index (κ1) is 12.4. The van der Waals surface area contributed by atoms with Crippen molar-refractivity contribution in [3.63, 3.8) is 0 Å². The van der Waals surface area contributed by atoms with E-state index in [1.165, 1.54) is 0 Å². The highest BCUT2D eigenvalue weighted by atomic mass is 16.1. The van der Waals surface area contributed by atoms with Crippen LogP contribution in [0.4, 0.5) is 0 Å². The molecule has 0 bridgehead atoms. The lowest BCUT2D eigenvalue weighted by molar-refractivity contribution is 0.171. The summed E-state index contributed by atoms with van der Waals surface area (Å²) in [5.41, 5.74) is 1.17. The number of piperidine rings is 1. The number of aromatic nitrogens is 1. The fourth-order valence-electron chi connectivity index (χ4n) is 2.66. The number of pyridine rings is 1. The van der Waals surface area contributed by atoms with Crippen LogP contribution < -0.4 is 5.56 Å². The minimum absolute atomic E-state index is 0.176. The Bertz CT molecular complexity index is 428. The van der Waals surface area contributed by atoms with Gasteiger partial charge in [-0.25, -0.2) is 0 Å². The van der Waals surface area contributed by atoms with Crippen LogP contribution in [-0.2, 0) is 7.05 Å². The SMILES string of the molecule is CC(C)N1CCC(c2cccn(C)c2=O)CC1. The van der Waals surface area contributed by atoms with Gasteiger partial charge in [0.25, 0.3) is 5.56 Å². The molecule has 2 rings (SSSR count). The van der Waals surface area contributed by atoms with Crippen molar-refractivity contribution < 1.29 is 0 Å². The van der Waals surface area contributed by atoms with Gasteiger partial charge in [0.05, 0.1) is 0 Å². The van der Waals surface area contributed by atoms with E-state index in [0.29, 0.717) is 12.0 Å². The number of hydrogen-bond donors (Lipinski definition) is 0. The van der Waals surface area contributed by atoms with Gasteiger partial charge in [0.1, 0.15) is 0 Å². The molecular weight excluding hydrogens is 212 g/mol. The molecule has 0 amide bonds. The predicted molar refractivity (Wildman–Crippen MR) is 70.4 cm³/mol. The number of aryl methyl sites for hydroxylation is 1.